The summed E-state index contributed by atoms with van der Waals surface area (Å²) in [5.41, 5.74) is 4.38. The Morgan fingerprint density at radius 3 is 2.50 bits per heavy atom. The molecule has 1 atom stereocenters. The van der Waals surface area contributed by atoms with Gasteiger partial charge in [0.2, 0.25) is 5.95 Å². The van der Waals surface area contributed by atoms with Crippen molar-refractivity contribution in [3.8, 4) is 0 Å². The maximum absolute atomic E-state index is 13.2. The van der Waals surface area contributed by atoms with Crippen LogP contribution in [0.1, 0.15) is 24.1 Å². The third-order valence-electron chi connectivity index (χ3n) is 5.55. The number of halogens is 2. The Hall–Kier alpha value is -3.18. The van der Waals surface area contributed by atoms with Gasteiger partial charge < -0.3 is 10.2 Å². The SMILES string of the molecule is CC1c2ccccc2CCN1c1nc(Nc2ccc(F)cc2)nc2ccccc12.Cl. The van der Waals surface area contributed by atoms with Crippen molar-refractivity contribution in [2.24, 2.45) is 0 Å². The smallest absolute Gasteiger partial charge is 0.229 e. The average molecular weight is 421 g/mol. The number of fused-ring (bicyclic) bond motifs is 2. The highest BCUT2D eigenvalue weighted by atomic mass is 35.5. The van der Waals surface area contributed by atoms with Gasteiger partial charge in [-0.05, 0) is 60.9 Å². The molecule has 2 heterocycles. The summed E-state index contributed by atoms with van der Waals surface area (Å²) in [6.07, 6.45) is 0.986. The van der Waals surface area contributed by atoms with Crippen LogP contribution >= 0.6 is 12.4 Å². The van der Waals surface area contributed by atoms with Crippen LogP contribution in [0.2, 0.25) is 0 Å². The monoisotopic (exact) mass is 420 g/mol. The highest BCUT2D eigenvalue weighted by Gasteiger charge is 2.26. The van der Waals surface area contributed by atoms with Gasteiger partial charge in [-0.2, -0.15) is 4.98 Å². The average Bonchev–Trinajstić information content (AvgIpc) is 2.75. The molecule has 1 N–H and O–H groups in total. The molecule has 0 saturated heterocycles. The van der Waals surface area contributed by atoms with E-state index in [1.165, 1.54) is 23.3 Å². The van der Waals surface area contributed by atoms with Crippen LogP contribution in [-0.4, -0.2) is 16.5 Å². The second-order valence-corrected chi connectivity index (χ2v) is 7.34. The Balaban J connectivity index is 0.00000218. The Kier molecular flexibility index (Phi) is 5.55. The molecule has 0 radical (unpaired) electrons. The van der Waals surface area contributed by atoms with Gasteiger partial charge in [-0.3, -0.25) is 0 Å². The number of nitrogens with zero attached hydrogens (tertiary/aromatic N) is 3. The lowest BCUT2D eigenvalue weighted by Gasteiger charge is -2.36. The molecule has 0 bridgehead atoms. The molecule has 30 heavy (non-hydrogen) atoms. The molecular weight excluding hydrogens is 399 g/mol. The van der Waals surface area contributed by atoms with E-state index in [0.717, 1.165) is 35.4 Å². The summed E-state index contributed by atoms with van der Waals surface area (Å²) in [7, 11) is 0. The quantitative estimate of drug-likeness (QED) is 0.437. The minimum Gasteiger partial charge on any atom is -0.349 e. The molecule has 0 amide bonds. The van der Waals surface area contributed by atoms with Crippen molar-refractivity contribution in [3.63, 3.8) is 0 Å². The van der Waals surface area contributed by atoms with Gasteiger partial charge >= 0.3 is 0 Å². The summed E-state index contributed by atoms with van der Waals surface area (Å²) in [6, 6.07) is 23.1. The van der Waals surface area contributed by atoms with Crippen LogP contribution in [0.4, 0.5) is 21.8 Å². The summed E-state index contributed by atoms with van der Waals surface area (Å²) in [6.45, 7) is 3.12. The molecule has 5 rings (SSSR count). The van der Waals surface area contributed by atoms with Gasteiger partial charge in [-0.15, -0.1) is 12.4 Å². The highest BCUT2D eigenvalue weighted by Crippen LogP contribution is 2.36. The van der Waals surface area contributed by atoms with Crippen molar-refractivity contribution in [1.29, 1.82) is 0 Å². The molecule has 152 valence electrons. The fourth-order valence-electron chi connectivity index (χ4n) is 4.06. The predicted octanol–water partition coefficient (Wildman–Crippen LogP) is 6.06. The number of benzene rings is 3. The van der Waals surface area contributed by atoms with E-state index in [9.17, 15) is 4.39 Å². The maximum Gasteiger partial charge on any atom is 0.229 e. The summed E-state index contributed by atoms with van der Waals surface area (Å²) >= 11 is 0. The first-order chi connectivity index (χ1) is 14.2. The molecule has 1 aliphatic heterocycles. The lowest BCUT2D eigenvalue weighted by molar-refractivity contribution is 0.619. The minimum atomic E-state index is -0.267. The number of para-hydroxylation sites is 1. The first kappa shape index (κ1) is 20.1. The van der Waals surface area contributed by atoms with Crippen LogP contribution < -0.4 is 10.2 Å². The molecular formula is C24H22ClFN4. The van der Waals surface area contributed by atoms with E-state index in [1.807, 2.05) is 18.2 Å². The number of hydrogen-bond acceptors (Lipinski definition) is 4. The van der Waals surface area contributed by atoms with Crippen molar-refractivity contribution in [2.45, 2.75) is 19.4 Å². The molecule has 6 heteroatoms. The summed E-state index contributed by atoms with van der Waals surface area (Å²) < 4.78 is 13.2. The Morgan fingerprint density at radius 1 is 0.933 bits per heavy atom. The van der Waals surface area contributed by atoms with Crippen molar-refractivity contribution in [1.82, 2.24) is 9.97 Å². The molecule has 4 aromatic rings. The van der Waals surface area contributed by atoms with Crippen molar-refractivity contribution in [2.75, 3.05) is 16.8 Å². The molecule has 1 unspecified atom stereocenters. The summed E-state index contributed by atoms with van der Waals surface area (Å²) in [5, 5.41) is 4.25. The standard InChI is InChI=1S/C24H21FN4.ClH/c1-16-20-7-3-2-6-17(20)14-15-29(16)23-21-8-4-5-9-22(21)27-24(28-23)26-19-12-10-18(25)11-13-19;/h2-13,16H,14-15H2,1H3,(H,26,27,28);1H. The fraction of sp³-hybridized carbons (Fsp3) is 0.167. The van der Waals surface area contributed by atoms with Crippen LogP contribution in [0.15, 0.2) is 72.8 Å². The number of anilines is 3. The van der Waals surface area contributed by atoms with E-state index in [-0.39, 0.29) is 24.3 Å². The zero-order valence-corrected chi connectivity index (χ0v) is 17.4. The van der Waals surface area contributed by atoms with Crippen molar-refractivity contribution < 1.29 is 4.39 Å². The van der Waals surface area contributed by atoms with Gasteiger partial charge in [-0.1, -0.05) is 36.4 Å². The Labute approximate surface area is 181 Å². The van der Waals surface area contributed by atoms with Gasteiger partial charge in [0, 0.05) is 17.6 Å². The van der Waals surface area contributed by atoms with Gasteiger partial charge in [-0.25, -0.2) is 9.37 Å². The van der Waals surface area contributed by atoms with E-state index in [4.69, 9.17) is 4.98 Å². The molecule has 1 aliphatic rings. The lowest BCUT2D eigenvalue weighted by atomic mass is 9.93. The summed E-state index contributed by atoms with van der Waals surface area (Å²) in [5.74, 6) is 1.16. The topological polar surface area (TPSA) is 41.1 Å². The molecule has 4 nitrogen and oxygen atoms in total. The van der Waals surface area contributed by atoms with Crippen molar-refractivity contribution in [3.05, 3.63) is 89.7 Å². The van der Waals surface area contributed by atoms with E-state index in [0.29, 0.717) is 5.95 Å². The first-order valence-electron chi connectivity index (χ1n) is 9.83. The molecule has 0 saturated carbocycles. The van der Waals surface area contributed by atoms with Crippen LogP contribution in [0, 0.1) is 5.82 Å². The number of nitrogens with one attached hydrogen (secondary N) is 1. The minimum absolute atomic E-state index is 0. The maximum atomic E-state index is 13.2. The second kappa shape index (κ2) is 8.28. The zero-order chi connectivity index (χ0) is 19.8. The number of rotatable bonds is 3. The van der Waals surface area contributed by atoms with Crippen LogP contribution in [0.25, 0.3) is 10.9 Å². The van der Waals surface area contributed by atoms with Gasteiger partial charge in [0.15, 0.2) is 0 Å². The first-order valence-corrected chi connectivity index (χ1v) is 9.83. The zero-order valence-electron chi connectivity index (χ0n) is 16.5. The lowest BCUT2D eigenvalue weighted by Crippen LogP contribution is -2.34. The Bertz CT molecular complexity index is 1180. The van der Waals surface area contributed by atoms with E-state index >= 15 is 0 Å². The van der Waals surface area contributed by atoms with Crippen LogP contribution in [-0.2, 0) is 6.42 Å². The largest absolute Gasteiger partial charge is 0.349 e. The van der Waals surface area contributed by atoms with E-state index in [2.05, 4.69) is 52.5 Å². The van der Waals surface area contributed by atoms with Crippen LogP contribution in [0.3, 0.4) is 0 Å². The molecule has 1 aromatic heterocycles. The van der Waals surface area contributed by atoms with Crippen LogP contribution in [0.5, 0.6) is 0 Å². The normalized spacial score (nSPS) is 15.4. The van der Waals surface area contributed by atoms with E-state index in [1.54, 1.807) is 12.1 Å². The molecule has 0 fully saturated rings. The van der Waals surface area contributed by atoms with Gasteiger partial charge in [0.25, 0.3) is 0 Å². The highest BCUT2D eigenvalue weighted by molar-refractivity contribution is 5.91. The molecule has 0 spiro atoms. The third kappa shape index (κ3) is 3.68. The molecule has 3 aromatic carbocycles. The van der Waals surface area contributed by atoms with Gasteiger partial charge in [0.1, 0.15) is 11.6 Å². The second-order valence-electron chi connectivity index (χ2n) is 7.34. The predicted molar refractivity (Wildman–Crippen MR) is 122 cm³/mol. The van der Waals surface area contributed by atoms with Gasteiger partial charge in [0.05, 0.1) is 11.6 Å². The third-order valence-corrected chi connectivity index (χ3v) is 5.55. The summed E-state index contributed by atoms with van der Waals surface area (Å²) in [4.78, 5) is 11.9. The molecule has 0 aliphatic carbocycles. The fourth-order valence-corrected chi connectivity index (χ4v) is 4.06. The van der Waals surface area contributed by atoms with Crippen molar-refractivity contribution >= 4 is 40.8 Å². The Morgan fingerprint density at radius 2 is 1.67 bits per heavy atom. The number of hydrogen-bond donors (Lipinski definition) is 1. The van der Waals surface area contributed by atoms with E-state index < -0.39 is 0 Å². The number of aromatic nitrogens is 2.